The summed E-state index contributed by atoms with van der Waals surface area (Å²) in [5.41, 5.74) is 4.65. The van der Waals surface area contributed by atoms with Crippen LogP contribution in [0.2, 0.25) is 0 Å². The van der Waals surface area contributed by atoms with Gasteiger partial charge in [-0.1, -0.05) is 11.4 Å². The summed E-state index contributed by atoms with van der Waals surface area (Å²) in [7, 11) is 27.9. The standard InChI is InChI=1S/2C16H18N2O.2C6H5.2BrH.2ClH.2Mg.2Sb/c2*1-17(2)13-5-9-15(10-6-13)19-16-11-7-14(8-12-16)18(3)4;2*1-2-4-6-5-3-1;;;;;;;;/h2*5-9,11H,1-4H3;2*1-5H;4*1H;;;;/q;-2;;;;;;;2*+2;;+2/p-4. The molecule has 0 fully saturated rings. The third-order valence-electron chi connectivity index (χ3n) is 8.37. The van der Waals surface area contributed by atoms with Gasteiger partial charge in [0, 0.05) is 11.5 Å². The van der Waals surface area contributed by atoms with Crippen molar-refractivity contribution in [3.63, 3.8) is 0 Å². The minimum absolute atomic E-state index is 0. The van der Waals surface area contributed by atoms with Crippen LogP contribution in [0.25, 0.3) is 0 Å². The third-order valence-corrected chi connectivity index (χ3v) is 20.0. The van der Waals surface area contributed by atoms with E-state index in [1.807, 2.05) is 105 Å². The van der Waals surface area contributed by atoms with E-state index in [9.17, 15) is 0 Å². The Labute approximate surface area is 421 Å². The zero-order chi connectivity index (χ0) is 38.8. The molecule has 0 saturated heterocycles. The molecule has 6 nitrogen and oxygen atoms in total. The largest absolute Gasteiger partial charge is 2.00 e. The van der Waals surface area contributed by atoms with E-state index in [4.69, 9.17) is 27.1 Å². The second-order valence-corrected chi connectivity index (χ2v) is 27.8. The quantitative estimate of drug-likeness (QED) is 0.165. The van der Waals surface area contributed by atoms with Crippen LogP contribution in [0.15, 0.2) is 133 Å². The minimum Gasteiger partial charge on any atom is 2.00 e. The van der Waals surface area contributed by atoms with Gasteiger partial charge >= 0.3 is 279 Å². The van der Waals surface area contributed by atoms with E-state index in [0.717, 1.165) is 26.4 Å². The fourth-order valence-electron chi connectivity index (χ4n) is 5.34. The van der Waals surface area contributed by atoms with Crippen LogP contribution < -0.4 is 77.1 Å². The Morgan fingerprint density at radius 1 is 0.517 bits per heavy atom. The van der Waals surface area contributed by atoms with Crippen molar-refractivity contribution in [2.45, 2.75) is 0 Å². The molecule has 0 radical (unpaired) electrons. The summed E-state index contributed by atoms with van der Waals surface area (Å²) in [4.78, 5) is 8.38. The molecular formula is C44H46Br2Cl2Mg2N4O2Sb2. The Balaban J connectivity index is 0.000000465. The molecule has 296 valence electrons. The van der Waals surface area contributed by atoms with Crippen molar-refractivity contribution in [2.75, 3.05) is 76.0 Å². The van der Waals surface area contributed by atoms with E-state index < -0.39 is 38.1 Å². The second-order valence-electron chi connectivity index (χ2n) is 13.1. The maximum atomic E-state index is 6.31. The predicted molar refractivity (Wildman–Crippen MR) is 247 cm³/mol. The topological polar surface area (TPSA) is 31.4 Å². The van der Waals surface area contributed by atoms with Crippen molar-refractivity contribution >= 4 is 139 Å². The first-order valence-corrected chi connectivity index (χ1v) is 28.9. The van der Waals surface area contributed by atoms with Crippen molar-refractivity contribution in [2.24, 2.45) is 0 Å². The molecule has 0 aliphatic carbocycles. The molecule has 0 bridgehead atoms. The summed E-state index contributed by atoms with van der Waals surface area (Å²) in [5.74, 6) is 3.43. The SMILES string of the molecule is CN(C)c1c[c-]c(Oc2[c-]cc(N(C)C)cc2)cc1.CN(C)c1ccc2[c](c1)[Sb]([c]1ccccc1)[c]1cc(N(C)C)ccc1O2.[Br-].[Br-].[Cl][Sb]([Cl])[c]1ccccc1.[Mg+2].[Mg+2]. The molecule has 1 heterocycles. The molecule has 0 atom stereocenters. The van der Waals surface area contributed by atoms with Gasteiger partial charge < -0.3 is 48.5 Å². The molecule has 1 aliphatic rings. The number of halogens is 4. The van der Waals surface area contributed by atoms with Crippen LogP contribution in [0.5, 0.6) is 23.0 Å². The van der Waals surface area contributed by atoms with Gasteiger partial charge in [-0.3, -0.25) is 0 Å². The average molecular weight is 1190 g/mol. The summed E-state index contributed by atoms with van der Waals surface area (Å²) in [5, 5.41) is 0. The van der Waals surface area contributed by atoms with Gasteiger partial charge in [-0.15, -0.1) is 36.4 Å². The zero-order valence-corrected chi connectivity index (χ0v) is 46.7. The third kappa shape index (κ3) is 15.6. The van der Waals surface area contributed by atoms with Gasteiger partial charge in [0.2, 0.25) is 0 Å². The first-order chi connectivity index (χ1) is 25.9. The summed E-state index contributed by atoms with van der Waals surface area (Å²) >= 11 is -4.12. The van der Waals surface area contributed by atoms with Gasteiger partial charge in [-0.2, -0.15) is 12.1 Å². The van der Waals surface area contributed by atoms with Gasteiger partial charge in [-0.05, 0) is 28.2 Å². The molecule has 14 heteroatoms. The maximum absolute atomic E-state index is 6.31. The fraction of sp³-hybridized carbons (Fsp3) is 0.182. The van der Waals surface area contributed by atoms with Gasteiger partial charge in [-0.25, -0.2) is 0 Å². The molecule has 0 aromatic heterocycles. The van der Waals surface area contributed by atoms with Crippen molar-refractivity contribution in [3.8, 4) is 23.0 Å². The van der Waals surface area contributed by atoms with Crippen molar-refractivity contribution in [1.82, 2.24) is 0 Å². The molecule has 7 rings (SSSR count). The van der Waals surface area contributed by atoms with Crippen molar-refractivity contribution < 1.29 is 43.4 Å². The Morgan fingerprint density at radius 3 is 1.22 bits per heavy atom. The first-order valence-electron chi connectivity index (χ1n) is 17.3. The number of ether oxygens (including phenoxy) is 2. The molecule has 0 N–H and O–H groups in total. The number of fused-ring (bicyclic) bond motifs is 2. The molecule has 1 aliphatic heterocycles. The van der Waals surface area contributed by atoms with E-state index in [1.165, 1.54) is 21.9 Å². The number of nitrogens with zero attached hydrogens (tertiary/aromatic N) is 4. The van der Waals surface area contributed by atoms with E-state index in [1.54, 1.807) is 0 Å². The Morgan fingerprint density at radius 2 is 0.897 bits per heavy atom. The number of anilines is 4. The maximum Gasteiger partial charge on any atom is 2.00 e. The summed E-state index contributed by atoms with van der Waals surface area (Å²) < 4.78 is 17.4. The van der Waals surface area contributed by atoms with Gasteiger partial charge in [0.15, 0.2) is 0 Å². The van der Waals surface area contributed by atoms with Gasteiger partial charge in [0.1, 0.15) is 0 Å². The van der Waals surface area contributed by atoms with Crippen LogP contribution in [-0.2, 0) is 0 Å². The minimum atomic E-state index is -2.16. The first kappa shape index (κ1) is 54.8. The molecule has 6 aromatic rings. The summed E-state index contributed by atoms with van der Waals surface area (Å²) in [6, 6.07) is 51.8. The molecule has 0 spiro atoms. The number of hydrogen-bond donors (Lipinski definition) is 0. The van der Waals surface area contributed by atoms with Crippen LogP contribution in [0.1, 0.15) is 0 Å². The van der Waals surface area contributed by atoms with E-state index in [-0.39, 0.29) is 80.1 Å². The van der Waals surface area contributed by atoms with Crippen LogP contribution in [0, 0.1) is 12.1 Å². The van der Waals surface area contributed by atoms with E-state index >= 15 is 0 Å². The monoisotopic (exact) mass is 1180 g/mol. The molecule has 0 amide bonds. The van der Waals surface area contributed by atoms with Crippen LogP contribution >= 0.6 is 17.7 Å². The molecule has 0 saturated carbocycles. The van der Waals surface area contributed by atoms with Crippen molar-refractivity contribution in [3.05, 3.63) is 146 Å². The number of benzene rings is 6. The molecule has 6 aromatic carbocycles. The Hall–Kier alpha value is -1.17. The smallest absolute Gasteiger partial charge is 2.00 e. The normalized spacial score (nSPS) is 10.6. The Bertz CT molecular complexity index is 1980. The predicted octanol–water partition coefficient (Wildman–Crippen LogP) is 0.758. The van der Waals surface area contributed by atoms with Crippen LogP contribution in [-0.4, -0.2) is 141 Å². The van der Waals surface area contributed by atoms with Crippen molar-refractivity contribution in [1.29, 1.82) is 0 Å². The summed E-state index contributed by atoms with van der Waals surface area (Å²) in [6.45, 7) is 0. The van der Waals surface area contributed by atoms with Crippen LogP contribution in [0.4, 0.5) is 22.7 Å². The average Bonchev–Trinajstić information content (AvgIpc) is 3.18. The molecular weight excluding hydrogens is 1140 g/mol. The number of rotatable bonds is 8. The number of hydrogen-bond acceptors (Lipinski definition) is 6. The Kier molecular flexibility index (Phi) is 25.5. The van der Waals surface area contributed by atoms with Gasteiger partial charge in [0.05, 0.1) is 0 Å². The second kappa shape index (κ2) is 27.0. The molecule has 0 unspecified atom stereocenters. The summed E-state index contributed by atoms with van der Waals surface area (Å²) in [6.07, 6.45) is 0. The van der Waals surface area contributed by atoms with Gasteiger partial charge in [0.25, 0.3) is 0 Å². The molecule has 58 heavy (non-hydrogen) atoms. The van der Waals surface area contributed by atoms with E-state index in [0.29, 0.717) is 11.5 Å². The van der Waals surface area contributed by atoms with E-state index in [2.05, 4.69) is 117 Å². The van der Waals surface area contributed by atoms with Crippen LogP contribution in [0.3, 0.4) is 0 Å². The zero-order valence-electron chi connectivity index (χ0n) is 34.1. The fourth-order valence-corrected chi connectivity index (χ4v) is 15.1.